The first-order chi connectivity index (χ1) is 7.69. The summed E-state index contributed by atoms with van der Waals surface area (Å²) in [7, 11) is 0. The van der Waals surface area contributed by atoms with Crippen molar-refractivity contribution in [2.45, 2.75) is 32.7 Å². The van der Waals surface area contributed by atoms with Gasteiger partial charge in [0.05, 0.1) is 5.56 Å². The van der Waals surface area contributed by atoms with Crippen LogP contribution in [0.1, 0.15) is 35.8 Å². The molecule has 0 radical (unpaired) electrons. The highest BCUT2D eigenvalue weighted by Gasteiger charge is 2.13. The SMILES string of the molecule is CCC(CCO)NC(=O)c1cccnc1C. The van der Waals surface area contributed by atoms with Crippen molar-refractivity contribution in [3.63, 3.8) is 0 Å². The zero-order chi connectivity index (χ0) is 12.0. The Morgan fingerprint density at radius 2 is 2.38 bits per heavy atom. The topological polar surface area (TPSA) is 62.2 Å². The van der Waals surface area contributed by atoms with Crippen molar-refractivity contribution in [2.24, 2.45) is 0 Å². The average Bonchev–Trinajstić information content (AvgIpc) is 2.28. The number of rotatable bonds is 5. The lowest BCUT2D eigenvalue weighted by molar-refractivity contribution is 0.0928. The van der Waals surface area contributed by atoms with Gasteiger partial charge in [-0.1, -0.05) is 6.92 Å². The Morgan fingerprint density at radius 1 is 1.62 bits per heavy atom. The van der Waals surface area contributed by atoms with E-state index in [0.717, 1.165) is 12.1 Å². The molecule has 1 aromatic rings. The number of nitrogens with one attached hydrogen (secondary N) is 1. The molecule has 1 heterocycles. The molecule has 1 rings (SSSR count). The molecule has 0 saturated carbocycles. The van der Waals surface area contributed by atoms with Crippen LogP contribution in [0.5, 0.6) is 0 Å². The van der Waals surface area contributed by atoms with Gasteiger partial charge in [0.25, 0.3) is 5.91 Å². The third kappa shape index (κ3) is 3.31. The summed E-state index contributed by atoms with van der Waals surface area (Å²) in [5.41, 5.74) is 1.32. The number of aryl methyl sites for hydroxylation is 1. The number of aliphatic hydroxyl groups excluding tert-OH is 1. The van der Waals surface area contributed by atoms with E-state index in [1.165, 1.54) is 0 Å². The highest BCUT2D eigenvalue weighted by Crippen LogP contribution is 2.05. The summed E-state index contributed by atoms with van der Waals surface area (Å²) in [5, 5.41) is 11.7. The standard InChI is InChI=1S/C12H18N2O2/c1-3-10(6-8-15)14-12(16)11-5-4-7-13-9(11)2/h4-5,7,10,15H,3,6,8H2,1-2H3,(H,14,16). The number of hydrogen-bond donors (Lipinski definition) is 2. The first-order valence-corrected chi connectivity index (χ1v) is 5.52. The number of nitrogens with zero attached hydrogens (tertiary/aromatic N) is 1. The molecule has 0 saturated heterocycles. The molecule has 4 nitrogen and oxygen atoms in total. The van der Waals surface area contributed by atoms with E-state index in [-0.39, 0.29) is 18.6 Å². The quantitative estimate of drug-likeness (QED) is 0.789. The van der Waals surface area contributed by atoms with Crippen molar-refractivity contribution >= 4 is 5.91 Å². The fraction of sp³-hybridized carbons (Fsp3) is 0.500. The lowest BCUT2D eigenvalue weighted by Gasteiger charge is -2.16. The molecular formula is C12H18N2O2. The molecule has 0 aliphatic carbocycles. The van der Waals surface area contributed by atoms with Crippen LogP contribution in [0, 0.1) is 6.92 Å². The van der Waals surface area contributed by atoms with E-state index in [2.05, 4.69) is 10.3 Å². The molecule has 0 aliphatic rings. The monoisotopic (exact) mass is 222 g/mol. The van der Waals surface area contributed by atoms with Crippen molar-refractivity contribution in [1.29, 1.82) is 0 Å². The second kappa shape index (κ2) is 6.23. The molecule has 0 bridgehead atoms. The largest absolute Gasteiger partial charge is 0.396 e. The number of amides is 1. The molecule has 0 fully saturated rings. The van der Waals surface area contributed by atoms with Crippen molar-refractivity contribution in [1.82, 2.24) is 10.3 Å². The van der Waals surface area contributed by atoms with Crippen LogP contribution in [0.4, 0.5) is 0 Å². The van der Waals surface area contributed by atoms with Gasteiger partial charge >= 0.3 is 0 Å². The van der Waals surface area contributed by atoms with Crippen LogP contribution in [0.25, 0.3) is 0 Å². The van der Waals surface area contributed by atoms with E-state index in [0.29, 0.717) is 12.0 Å². The Kier molecular flexibility index (Phi) is 4.92. The van der Waals surface area contributed by atoms with Gasteiger partial charge in [-0.05, 0) is 31.9 Å². The van der Waals surface area contributed by atoms with Gasteiger partial charge in [0.2, 0.25) is 0 Å². The zero-order valence-electron chi connectivity index (χ0n) is 9.73. The molecule has 1 atom stereocenters. The summed E-state index contributed by atoms with van der Waals surface area (Å²) in [6.45, 7) is 3.88. The first kappa shape index (κ1) is 12.6. The lowest BCUT2D eigenvalue weighted by atomic mass is 10.1. The Labute approximate surface area is 95.7 Å². The van der Waals surface area contributed by atoms with Crippen LogP contribution in [0.2, 0.25) is 0 Å². The van der Waals surface area contributed by atoms with Gasteiger partial charge in [0.1, 0.15) is 0 Å². The highest BCUT2D eigenvalue weighted by molar-refractivity contribution is 5.95. The predicted molar refractivity (Wildman–Crippen MR) is 62.2 cm³/mol. The summed E-state index contributed by atoms with van der Waals surface area (Å²) in [5.74, 6) is -0.120. The van der Waals surface area contributed by atoms with E-state index in [9.17, 15) is 4.79 Å². The van der Waals surface area contributed by atoms with Crippen LogP contribution in [-0.2, 0) is 0 Å². The van der Waals surface area contributed by atoms with Crippen molar-refractivity contribution in [3.8, 4) is 0 Å². The molecule has 2 N–H and O–H groups in total. The minimum atomic E-state index is -0.120. The van der Waals surface area contributed by atoms with Crippen LogP contribution in [0.3, 0.4) is 0 Å². The molecular weight excluding hydrogens is 204 g/mol. The third-order valence-electron chi connectivity index (χ3n) is 2.56. The number of carbonyl (C=O) groups excluding carboxylic acids is 1. The molecule has 0 spiro atoms. The number of aromatic nitrogens is 1. The normalized spacial score (nSPS) is 12.2. The molecule has 16 heavy (non-hydrogen) atoms. The highest BCUT2D eigenvalue weighted by atomic mass is 16.3. The second-order valence-corrected chi connectivity index (χ2v) is 3.73. The second-order valence-electron chi connectivity index (χ2n) is 3.73. The average molecular weight is 222 g/mol. The van der Waals surface area contributed by atoms with Gasteiger partial charge in [0.15, 0.2) is 0 Å². The van der Waals surface area contributed by atoms with E-state index >= 15 is 0 Å². The van der Waals surface area contributed by atoms with E-state index < -0.39 is 0 Å². The van der Waals surface area contributed by atoms with Gasteiger partial charge in [-0.25, -0.2) is 0 Å². The first-order valence-electron chi connectivity index (χ1n) is 5.52. The summed E-state index contributed by atoms with van der Waals surface area (Å²) >= 11 is 0. The van der Waals surface area contributed by atoms with Crippen molar-refractivity contribution in [2.75, 3.05) is 6.61 Å². The van der Waals surface area contributed by atoms with Gasteiger partial charge in [-0.15, -0.1) is 0 Å². The minimum Gasteiger partial charge on any atom is -0.396 e. The Morgan fingerprint density at radius 3 is 2.94 bits per heavy atom. The number of carbonyl (C=O) groups is 1. The van der Waals surface area contributed by atoms with Crippen molar-refractivity contribution in [3.05, 3.63) is 29.6 Å². The molecule has 0 aliphatic heterocycles. The minimum absolute atomic E-state index is 0.0251. The summed E-state index contributed by atoms with van der Waals surface area (Å²) in [6.07, 6.45) is 3.06. The predicted octanol–water partition coefficient (Wildman–Crippen LogP) is 1.28. The Bertz CT molecular complexity index is 353. The number of aliphatic hydroxyl groups is 1. The fourth-order valence-electron chi connectivity index (χ4n) is 1.52. The van der Waals surface area contributed by atoms with E-state index in [4.69, 9.17) is 5.11 Å². The Balaban J connectivity index is 2.68. The maximum Gasteiger partial charge on any atom is 0.253 e. The van der Waals surface area contributed by atoms with Crippen LogP contribution in [0.15, 0.2) is 18.3 Å². The maximum absolute atomic E-state index is 11.9. The van der Waals surface area contributed by atoms with Gasteiger partial charge in [-0.2, -0.15) is 0 Å². The lowest BCUT2D eigenvalue weighted by Crippen LogP contribution is -2.35. The van der Waals surface area contributed by atoms with E-state index in [1.807, 2.05) is 13.8 Å². The summed E-state index contributed by atoms with van der Waals surface area (Å²) in [4.78, 5) is 15.9. The number of hydrogen-bond acceptors (Lipinski definition) is 3. The van der Waals surface area contributed by atoms with Crippen LogP contribution in [-0.4, -0.2) is 28.6 Å². The zero-order valence-corrected chi connectivity index (χ0v) is 9.73. The summed E-state index contributed by atoms with van der Waals surface area (Å²) in [6, 6.07) is 3.52. The molecule has 1 amide bonds. The Hall–Kier alpha value is -1.42. The molecule has 1 unspecified atom stereocenters. The van der Waals surface area contributed by atoms with Gasteiger partial charge in [0, 0.05) is 24.5 Å². The molecule has 0 aromatic carbocycles. The van der Waals surface area contributed by atoms with Gasteiger partial charge in [-0.3, -0.25) is 9.78 Å². The molecule has 88 valence electrons. The molecule has 1 aromatic heterocycles. The van der Waals surface area contributed by atoms with Crippen LogP contribution >= 0.6 is 0 Å². The fourth-order valence-corrected chi connectivity index (χ4v) is 1.52. The van der Waals surface area contributed by atoms with Gasteiger partial charge < -0.3 is 10.4 Å². The third-order valence-corrected chi connectivity index (χ3v) is 2.56. The summed E-state index contributed by atoms with van der Waals surface area (Å²) < 4.78 is 0. The van der Waals surface area contributed by atoms with Crippen molar-refractivity contribution < 1.29 is 9.90 Å². The van der Waals surface area contributed by atoms with Crippen LogP contribution < -0.4 is 5.32 Å². The maximum atomic E-state index is 11.9. The van der Waals surface area contributed by atoms with E-state index in [1.54, 1.807) is 18.3 Å². The number of pyridine rings is 1. The molecule has 4 heteroatoms. The smallest absolute Gasteiger partial charge is 0.253 e.